The van der Waals surface area contributed by atoms with Crippen molar-refractivity contribution in [2.45, 2.75) is 19.9 Å². The summed E-state index contributed by atoms with van der Waals surface area (Å²) >= 11 is 0. The SMILES string of the molecule is COC(=O)C(C(C)C)N(C)C(=O)/C=C(\[O-])c1cc(F)ccc1F. The van der Waals surface area contributed by atoms with E-state index in [1.54, 1.807) is 13.8 Å². The molecule has 1 rings (SSSR count). The zero-order valence-corrected chi connectivity index (χ0v) is 13.3. The van der Waals surface area contributed by atoms with Gasteiger partial charge in [0.15, 0.2) is 0 Å². The molecule has 0 radical (unpaired) electrons. The predicted octanol–water partition coefficient (Wildman–Crippen LogP) is 1.32. The second kappa shape index (κ2) is 7.71. The fraction of sp³-hybridized carbons (Fsp3) is 0.375. The van der Waals surface area contributed by atoms with E-state index in [-0.39, 0.29) is 5.92 Å². The lowest BCUT2D eigenvalue weighted by atomic mass is 10.0. The zero-order chi connectivity index (χ0) is 17.7. The molecule has 5 nitrogen and oxygen atoms in total. The molecule has 1 unspecified atom stereocenters. The Bertz CT molecular complexity index is 629. The number of hydrogen-bond donors (Lipinski definition) is 0. The summed E-state index contributed by atoms with van der Waals surface area (Å²) in [6.45, 7) is 3.42. The van der Waals surface area contributed by atoms with Crippen molar-refractivity contribution in [3.63, 3.8) is 0 Å². The molecule has 0 heterocycles. The zero-order valence-electron chi connectivity index (χ0n) is 13.3. The Morgan fingerprint density at radius 2 is 1.91 bits per heavy atom. The van der Waals surface area contributed by atoms with Crippen LogP contribution >= 0.6 is 0 Å². The number of benzene rings is 1. The summed E-state index contributed by atoms with van der Waals surface area (Å²) in [5, 5.41) is 11.9. The number of esters is 1. The molecule has 0 aliphatic heterocycles. The van der Waals surface area contributed by atoms with Crippen LogP contribution in [0.3, 0.4) is 0 Å². The maximum absolute atomic E-state index is 13.5. The minimum atomic E-state index is -0.980. The van der Waals surface area contributed by atoms with Crippen LogP contribution < -0.4 is 5.11 Å². The van der Waals surface area contributed by atoms with Crippen LogP contribution in [0.1, 0.15) is 19.4 Å². The number of likely N-dealkylation sites (N-methyl/N-ethyl adjacent to an activating group) is 1. The van der Waals surface area contributed by atoms with E-state index in [9.17, 15) is 23.5 Å². The van der Waals surface area contributed by atoms with Crippen molar-refractivity contribution in [3.8, 4) is 0 Å². The van der Waals surface area contributed by atoms with E-state index < -0.39 is 40.9 Å². The van der Waals surface area contributed by atoms with E-state index >= 15 is 0 Å². The van der Waals surface area contributed by atoms with Crippen molar-refractivity contribution in [1.29, 1.82) is 0 Å². The van der Waals surface area contributed by atoms with E-state index in [1.165, 1.54) is 14.2 Å². The topological polar surface area (TPSA) is 69.7 Å². The van der Waals surface area contributed by atoms with Gasteiger partial charge in [-0.05, 0) is 30.2 Å². The molecule has 0 saturated carbocycles. The quantitative estimate of drug-likeness (QED) is 0.465. The molecule has 0 saturated heterocycles. The van der Waals surface area contributed by atoms with Gasteiger partial charge in [-0.3, -0.25) is 4.79 Å². The molecule has 7 heteroatoms. The summed E-state index contributed by atoms with van der Waals surface area (Å²) in [5.41, 5.74) is -0.550. The molecule has 0 aromatic heterocycles. The number of methoxy groups -OCH3 is 1. The third-order valence-corrected chi connectivity index (χ3v) is 3.29. The van der Waals surface area contributed by atoms with Gasteiger partial charge in [0.05, 0.1) is 7.11 Å². The van der Waals surface area contributed by atoms with Gasteiger partial charge in [0.25, 0.3) is 0 Å². The van der Waals surface area contributed by atoms with Crippen molar-refractivity contribution < 1.29 is 28.2 Å². The third-order valence-electron chi connectivity index (χ3n) is 3.29. The Balaban J connectivity index is 3.08. The second-order valence-corrected chi connectivity index (χ2v) is 5.29. The van der Waals surface area contributed by atoms with Gasteiger partial charge in [-0.25, -0.2) is 13.6 Å². The normalized spacial score (nSPS) is 12.9. The van der Waals surface area contributed by atoms with Crippen molar-refractivity contribution >= 4 is 17.6 Å². The number of halogens is 2. The Hall–Kier alpha value is -2.44. The number of ether oxygens (including phenoxy) is 1. The molecule has 0 aliphatic rings. The summed E-state index contributed by atoms with van der Waals surface area (Å²) in [5.74, 6) is -4.40. The molecule has 0 aliphatic carbocycles. The van der Waals surface area contributed by atoms with Crippen LogP contribution in [-0.4, -0.2) is 37.0 Å². The molecule has 1 aromatic rings. The molecule has 0 spiro atoms. The first-order valence-electron chi connectivity index (χ1n) is 6.87. The van der Waals surface area contributed by atoms with Gasteiger partial charge in [-0.15, -0.1) is 0 Å². The van der Waals surface area contributed by atoms with Gasteiger partial charge in [0, 0.05) is 12.6 Å². The molecule has 126 valence electrons. The van der Waals surface area contributed by atoms with Crippen LogP contribution in [0.2, 0.25) is 0 Å². The largest absolute Gasteiger partial charge is 0.872 e. The maximum atomic E-state index is 13.5. The van der Waals surface area contributed by atoms with Gasteiger partial charge in [-0.1, -0.05) is 19.6 Å². The molecular weight excluding hydrogens is 308 g/mol. The van der Waals surface area contributed by atoms with E-state index in [4.69, 9.17) is 0 Å². The number of nitrogens with zero attached hydrogens (tertiary/aromatic N) is 1. The van der Waals surface area contributed by atoms with Crippen LogP contribution in [0.5, 0.6) is 0 Å². The number of carbonyl (C=O) groups excluding carboxylic acids is 2. The molecule has 0 bridgehead atoms. The highest BCUT2D eigenvalue weighted by atomic mass is 19.1. The van der Waals surface area contributed by atoms with Crippen molar-refractivity contribution in [3.05, 3.63) is 41.5 Å². The first kappa shape index (κ1) is 18.6. The van der Waals surface area contributed by atoms with E-state index in [0.717, 1.165) is 17.0 Å². The Morgan fingerprint density at radius 1 is 1.30 bits per heavy atom. The number of rotatable bonds is 5. The lowest BCUT2D eigenvalue weighted by Gasteiger charge is -2.28. The fourth-order valence-electron chi connectivity index (χ4n) is 2.11. The van der Waals surface area contributed by atoms with Crippen molar-refractivity contribution in [2.24, 2.45) is 5.92 Å². The standard InChI is InChI=1S/C16H19F2NO4/c1-9(2)15(16(22)23-4)19(3)14(21)8-13(20)11-7-10(17)5-6-12(11)18/h5-9,15,20H,1-4H3/p-1/b13-8-. The van der Waals surface area contributed by atoms with Gasteiger partial charge < -0.3 is 14.7 Å². The van der Waals surface area contributed by atoms with Crippen LogP contribution in [0, 0.1) is 17.6 Å². The minimum Gasteiger partial charge on any atom is -0.872 e. The fourth-order valence-corrected chi connectivity index (χ4v) is 2.11. The lowest BCUT2D eigenvalue weighted by Crippen LogP contribution is -2.45. The van der Waals surface area contributed by atoms with Crippen LogP contribution in [0.25, 0.3) is 5.76 Å². The summed E-state index contributed by atoms with van der Waals surface area (Å²) < 4.78 is 31.3. The minimum absolute atomic E-state index is 0.259. The average Bonchev–Trinajstić information content (AvgIpc) is 2.48. The Labute approximate surface area is 133 Å². The van der Waals surface area contributed by atoms with E-state index in [2.05, 4.69) is 4.74 Å². The number of amides is 1. The van der Waals surface area contributed by atoms with Crippen LogP contribution in [0.4, 0.5) is 8.78 Å². The van der Waals surface area contributed by atoms with Crippen molar-refractivity contribution in [1.82, 2.24) is 4.90 Å². The van der Waals surface area contributed by atoms with Gasteiger partial charge in [-0.2, -0.15) is 0 Å². The number of carbonyl (C=O) groups is 2. The monoisotopic (exact) mass is 326 g/mol. The Morgan fingerprint density at radius 3 is 2.43 bits per heavy atom. The lowest BCUT2D eigenvalue weighted by molar-refractivity contribution is -0.244. The highest BCUT2D eigenvalue weighted by Crippen LogP contribution is 2.17. The van der Waals surface area contributed by atoms with Crippen molar-refractivity contribution in [2.75, 3.05) is 14.2 Å². The highest BCUT2D eigenvalue weighted by Gasteiger charge is 2.29. The average molecular weight is 326 g/mol. The summed E-state index contributed by atoms with van der Waals surface area (Å²) in [4.78, 5) is 24.9. The third kappa shape index (κ3) is 4.51. The molecule has 1 amide bonds. The maximum Gasteiger partial charge on any atom is 0.328 e. The Kier molecular flexibility index (Phi) is 6.24. The summed E-state index contributed by atoms with van der Waals surface area (Å²) in [7, 11) is 2.52. The summed E-state index contributed by atoms with van der Waals surface area (Å²) in [6, 6.07) is 1.48. The molecule has 0 fully saturated rings. The molecule has 1 aromatic carbocycles. The molecular formula is C16H18F2NO4-. The smallest absolute Gasteiger partial charge is 0.328 e. The van der Waals surface area contributed by atoms with E-state index in [0.29, 0.717) is 12.1 Å². The van der Waals surface area contributed by atoms with Gasteiger partial charge in [0.2, 0.25) is 5.91 Å². The van der Waals surface area contributed by atoms with Gasteiger partial charge in [0.1, 0.15) is 17.7 Å². The molecule has 0 N–H and O–H groups in total. The van der Waals surface area contributed by atoms with Gasteiger partial charge >= 0.3 is 5.97 Å². The van der Waals surface area contributed by atoms with Crippen LogP contribution in [-0.2, 0) is 14.3 Å². The second-order valence-electron chi connectivity index (χ2n) is 5.29. The first-order chi connectivity index (χ1) is 10.7. The highest BCUT2D eigenvalue weighted by molar-refractivity contribution is 5.95. The molecule has 23 heavy (non-hydrogen) atoms. The predicted molar refractivity (Wildman–Crippen MR) is 77.7 cm³/mol. The van der Waals surface area contributed by atoms with E-state index in [1.807, 2.05) is 0 Å². The summed E-state index contributed by atoms with van der Waals surface area (Å²) in [6.07, 6.45) is 0.621. The first-order valence-corrected chi connectivity index (χ1v) is 6.87. The molecule has 1 atom stereocenters. The van der Waals surface area contributed by atoms with Crippen LogP contribution in [0.15, 0.2) is 24.3 Å². The number of hydrogen-bond acceptors (Lipinski definition) is 4.